The number of rotatable bonds is 4. The highest BCUT2D eigenvalue weighted by molar-refractivity contribution is 5.91. The molecule has 0 aromatic heterocycles. The van der Waals surface area contributed by atoms with E-state index >= 15 is 0 Å². The summed E-state index contributed by atoms with van der Waals surface area (Å²) in [6.45, 7) is 0.736. The molecule has 0 fully saturated rings. The number of fused-ring (bicyclic) bond motifs is 1. The van der Waals surface area contributed by atoms with Gasteiger partial charge in [-0.25, -0.2) is 0 Å². The second-order valence-corrected chi connectivity index (χ2v) is 3.86. The lowest BCUT2D eigenvalue weighted by molar-refractivity contribution is 0.419. The molecule has 0 aliphatic rings. The van der Waals surface area contributed by atoms with E-state index in [-0.39, 0.29) is 0 Å². The maximum Gasteiger partial charge on any atom is 0.126 e. The van der Waals surface area contributed by atoms with E-state index in [9.17, 15) is 0 Å². The zero-order valence-electron chi connectivity index (χ0n) is 9.57. The number of hydrogen-bond acceptors (Lipinski definition) is 2. The number of hydrogen-bond donors (Lipinski definition) is 1. The van der Waals surface area contributed by atoms with Crippen molar-refractivity contribution in [1.82, 2.24) is 0 Å². The fraction of sp³-hybridized carbons (Fsp3) is 0.286. The third kappa shape index (κ3) is 2.02. The Morgan fingerprint density at radius 1 is 1.06 bits per heavy atom. The van der Waals surface area contributed by atoms with Crippen LogP contribution in [0.2, 0.25) is 0 Å². The van der Waals surface area contributed by atoms with E-state index in [4.69, 9.17) is 10.5 Å². The summed E-state index contributed by atoms with van der Waals surface area (Å²) < 4.78 is 5.36. The predicted octanol–water partition coefficient (Wildman–Crippen LogP) is 2.74. The molecule has 0 saturated heterocycles. The first-order valence-corrected chi connectivity index (χ1v) is 5.61. The van der Waals surface area contributed by atoms with Gasteiger partial charge in [0, 0.05) is 5.39 Å². The zero-order chi connectivity index (χ0) is 11.4. The van der Waals surface area contributed by atoms with Gasteiger partial charge in [-0.3, -0.25) is 0 Å². The third-order valence-electron chi connectivity index (χ3n) is 2.84. The molecule has 0 spiro atoms. The van der Waals surface area contributed by atoms with Crippen LogP contribution < -0.4 is 10.5 Å². The Labute approximate surface area is 96.0 Å². The molecular formula is C14H17NO. The van der Waals surface area contributed by atoms with Gasteiger partial charge < -0.3 is 10.5 Å². The smallest absolute Gasteiger partial charge is 0.126 e. The van der Waals surface area contributed by atoms with Crippen LogP contribution in [0.15, 0.2) is 36.4 Å². The SMILES string of the molecule is COc1ccc(CCCN)c2ccccc12. The van der Waals surface area contributed by atoms with Crippen molar-refractivity contribution in [3.05, 3.63) is 42.0 Å². The second-order valence-electron chi connectivity index (χ2n) is 3.86. The minimum Gasteiger partial charge on any atom is -0.496 e. The van der Waals surface area contributed by atoms with Crippen LogP contribution in [-0.2, 0) is 6.42 Å². The Morgan fingerprint density at radius 2 is 1.81 bits per heavy atom. The average Bonchev–Trinajstić information content (AvgIpc) is 2.36. The number of nitrogens with two attached hydrogens (primary N) is 1. The van der Waals surface area contributed by atoms with Gasteiger partial charge in [0.05, 0.1) is 7.11 Å². The van der Waals surface area contributed by atoms with Crippen molar-refractivity contribution in [2.45, 2.75) is 12.8 Å². The van der Waals surface area contributed by atoms with Crippen molar-refractivity contribution >= 4 is 10.8 Å². The molecule has 0 aliphatic heterocycles. The summed E-state index contributed by atoms with van der Waals surface area (Å²) in [6, 6.07) is 12.5. The third-order valence-corrected chi connectivity index (χ3v) is 2.84. The fourth-order valence-corrected chi connectivity index (χ4v) is 2.02. The molecule has 2 heteroatoms. The lowest BCUT2D eigenvalue weighted by atomic mass is 10.0. The van der Waals surface area contributed by atoms with Gasteiger partial charge in [-0.1, -0.05) is 30.3 Å². The molecule has 0 amide bonds. The van der Waals surface area contributed by atoms with Crippen molar-refractivity contribution in [1.29, 1.82) is 0 Å². The minimum absolute atomic E-state index is 0.736. The van der Waals surface area contributed by atoms with Gasteiger partial charge in [-0.15, -0.1) is 0 Å². The van der Waals surface area contributed by atoms with E-state index in [0.29, 0.717) is 0 Å². The van der Waals surface area contributed by atoms with Crippen LogP contribution in [-0.4, -0.2) is 13.7 Å². The quantitative estimate of drug-likeness (QED) is 0.851. The first-order valence-electron chi connectivity index (χ1n) is 5.61. The number of aryl methyl sites for hydroxylation is 1. The van der Waals surface area contributed by atoms with E-state index in [1.54, 1.807) is 7.11 Å². The standard InChI is InChI=1S/C14H17NO/c1-16-14-9-8-11(5-4-10-15)12-6-2-3-7-13(12)14/h2-3,6-9H,4-5,10,15H2,1H3. The average molecular weight is 215 g/mol. The molecule has 2 aromatic carbocycles. The summed E-state index contributed by atoms with van der Waals surface area (Å²) in [5.74, 6) is 0.937. The fourth-order valence-electron chi connectivity index (χ4n) is 2.02. The summed E-state index contributed by atoms with van der Waals surface area (Å²) in [6.07, 6.45) is 2.05. The van der Waals surface area contributed by atoms with Crippen molar-refractivity contribution < 1.29 is 4.74 Å². The summed E-state index contributed by atoms with van der Waals surface area (Å²) in [4.78, 5) is 0. The van der Waals surface area contributed by atoms with Crippen LogP contribution in [0.25, 0.3) is 10.8 Å². The highest BCUT2D eigenvalue weighted by atomic mass is 16.5. The van der Waals surface area contributed by atoms with Crippen LogP contribution in [0.5, 0.6) is 5.75 Å². The van der Waals surface area contributed by atoms with Gasteiger partial charge >= 0.3 is 0 Å². The van der Waals surface area contributed by atoms with Gasteiger partial charge in [0.2, 0.25) is 0 Å². The van der Waals surface area contributed by atoms with Gasteiger partial charge in [-0.2, -0.15) is 0 Å². The molecule has 0 aliphatic carbocycles. The van der Waals surface area contributed by atoms with Gasteiger partial charge in [0.25, 0.3) is 0 Å². The second kappa shape index (κ2) is 4.99. The maximum absolute atomic E-state index is 5.55. The summed E-state index contributed by atoms with van der Waals surface area (Å²) in [5, 5.41) is 2.45. The monoisotopic (exact) mass is 215 g/mol. The van der Waals surface area contributed by atoms with E-state index in [2.05, 4.69) is 24.3 Å². The zero-order valence-corrected chi connectivity index (χ0v) is 9.57. The molecule has 0 atom stereocenters. The van der Waals surface area contributed by atoms with E-state index in [1.165, 1.54) is 16.3 Å². The Morgan fingerprint density at radius 3 is 2.50 bits per heavy atom. The Bertz CT molecular complexity index is 479. The van der Waals surface area contributed by atoms with Crippen LogP contribution in [0, 0.1) is 0 Å². The molecule has 0 saturated carbocycles. The van der Waals surface area contributed by atoms with Crippen LogP contribution in [0.1, 0.15) is 12.0 Å². The van der Waals surface area contributed by atoms with Crippen molar-refractivity contribution in [2.75, 3.05) is 13.7 Å². The molecule has 84 valence electrons. The predicted molar refractivity (Wildman–Crippen MR) is 67.9 cm³/mol. The lowest BCUT2D eigenvalue weighted by Crippen LogP contribution is -2.00. The lowest BCUT2D eigenvalue weighted by Gasteiger charge is -2.09. The van der Waals surface area contributed by atoms with Crippen molar-refractivity contribution in [2.24, 2.45) is 5.73 Å². The summed E-state index contributed by atoms with van der Waals surface area (Å²) in [5.41, 5.74) is 6.90. The minimum atomic E-state index is 0.736. The number of methoxy groups -OCH3 is 1. The molecule has 0 unspecified atom stereocenters. The molecule has 0 radical (unpaired) electrons. The normalized spacial score (nSPS) is 10.6. The van der Waals surface area contributed by atoms with Crippen molar-refractivity contribution in [3.63, 3.8) is 0 Å². The largest absolute Gasteiger partial charge is 0.496 e. The van der Waals surface area contributed by atoms with Crippen LogP contribution >= 0.6 is 0 Å². The molecular weight excluding hydrogens is 198 g/mol. The molecule has 2 aromatic rings. The first-order chi connectivity index (χ1) is 7.86. The summed E-state index contributed by atoms with van der Waals surface area (Å²) in [7, 11) is 1.71. The Kier molecular flexibility index (Phi) is 3.42. The van der Waals surface area contributed by atoms with E-state index in [1.807, 2.05) is 12.1 Å². The topological polar surface area (TPSA) is 35.2 Å². The molecule has 2 N–H and O–H groups in total. The van der Waals surface area contributed by atoms with Gasteiger partial charge in [0.1, 0.15) is 5.75 Å². The maximum atomic E-state index is 5.55. The molecule has 0 bridgehead atoms. The van der Waals surface area contributed by atoms with E-state index in [0.717, 1.165) is 25.1 Å². The van der Waals surface area contributed by atoms with E-state index < -0.39 is 0 Å². The number of ether oxygens (including phenoxy) is 1. The number of benzene rings is 2. The van der Waals surface area contributed by atoms with Gasteiger partial charge in [-0.05, 0) is 36.4 Å². The molecule has 0 heterocycles. The first kappa shape index (κ1) is 11.0. The Balaban J connectivity index is 2.51. The highest BCUT2D eigenvalue weighted by Crippen LogP contribution is 2.28. The molecule has 16 heavy (non-hydrogen) atoms. The summed E-state index contributed by atoms with van der Waals surface area (Å²) >= 11 is 0. The van der Waals surface area contributed by atoms with Crippen LogP contribution in [0.4, 0.5) is 0 Å². The van der Waals surface area contributed by atoms with Gasteiger partial charge in [0.15, 0.2) is 0 Å². The Hall–Kier alpha value is -1.54. The molecule has 2 rings (SSSR count). The van der Waals surface area contributed by atoms with Crippen molar-refractivity contribution in [3.8, 4) is 5.75 Å². The highest BCUT2D eigenvalue weighted by Gasteiger charge is 2.04. The van der Waals surface area contributed by atoms with Crippen LogP contribution in [0.3, 0.4) is 0 Å². The molecule has 2 nitrogen and oxygen atoms in total.